The highest BCUT2D eigenvalue weighted by Gasteiger charge is 2.12. The van der Waals surface area contributed by atoms with Crippen molar-refractivity contribution >= 4 is 28.3 Å². The fourth-order valence-corrected chi connectivity index (χ4v) is 1.67. The van der Waals surface area contributed by atoms with Gasteiger partial charge in [-0.05, 0) is 13.3 Å². The number of nitrogens with zero attached hydrogens (tertiary/aromatic N) is 2. The van der Waals surface area contributed by atoms with Gasteiger partial charge in [0.1, 0.15) is 0 Å². The number of aromatic nitrogens is 2. The number of anilines is 1. The van der Waals surface area contributed by atoms with Crippen molar-refractivity contribution < 1.29 is 9.59 Å². The van der Waals surface area contributed by atoms with Gasteiger partial charge >= 0.3 is 0 Å². The number of hydrogen-bond donors (Lipinski definition) is 3. The number of carbonyl (C=O) groups is 2. The summed E-state index contributed by atoms with van der Waals surface area (Å²) in [5.41, 5.74) is 5.36. The topological polar surface area (TPSA) is 110 Å². The second kappa shape index (κ2) is 6.90. The minimum Gasteiger partial charge on any atom is -0.374 e. The third-order valence-electron chi connectivity index (χ3n) is 2.29. The van der Waals surface area contributed by atoms with E-state index in [2.05, 4.69) is 20.8 Å². The Hall–Kier alpha value is -1.70. The van der Waals surface area contributed by atoms with E-state index in [1.807, 2.05) is 13.8 Å². The van der Waals surface area contributed by atoms with E-state index in [1.54, 1.807) is 0 Å². The van der Waals surface area contributed by atoms with Gasteiger partial charge in [-0.3, -0.25) is 9.59 Å². The lowest BCUT2D eigenvalue weighted by molar-refractivity contribution is -0.121. The molecule has 1 heterocycles. The van der Waals surface area contributed by atoms with Crippen LogP contribution >= 0.6 is 11.3 Å². The maximum Gasteiger partial charge on any atom is 0.282 e. The van der Waals surface area contributed by atoms with Crippen LogP contribution in [0.25, 0.3) is 0 Å². The fourth-order valence-electron chi connectivity index (χ4n) is 1.14. The molecule has 0 aliphatic heterocycles. The van der Waals surface area contributed by atoms with Crippen molar-refractivity contribution in [3.63, 3.8) is 0 Å². The van der Waals surface area contributed by atoms with E-state index in [9.17, 15) is 9.59 Å². The van der Waals surface area contributed by atoms with Crippen LogP contribution in [0.5, 0.6) is 0 Å². The molecule has 0 aliphatic rings. The average molecular weight is 271 g/mol. The van der Waals surface area contributed by atoms with Crippen LogP contribution in [0.15, 0.2) is 0 Å². The summed E-state index contributed by atoms with van der Waals surface area (Å²) in [6.45, 7) is 4.19. The SMILES string of the molecule is CCC(C)NC(=O)CCNC(=O)c1nnc(N)s1. The molecule has 4 N–H and O–H groups in total. The van der Waals surface area contributed by atoms with Gasteiger partial charge in [-0.1, -0.05) is 18.3 Å². The standard InChI is InChI=1S/C10H17N5O2S/c1-3-6(2)13-7(16)4-5-12-8(17)9-14-15-10(11)18-9/h6H,3-5H2,1-2H3,(H2,11,15)(H,12,17)(H,13,16). The predicted molar refractivity (Wildman–Crippen MR) is 69.2 cm³/mol. The van der Waals surface area contributed by atoms with Crippen LogP contribution < -0.4 is 16.4 Å². The van der Waals surface area contributed by atoms with Gasteiger partial charge < -0.3 is 16.4 Å². The van der Waals surface area contributed by atoms with Crippen molar-refractivity contribution in [2.24, 2.45) is 0 Å². The van der Waals surface area contributed by atoms with Gasteiger partial charge in [0.25, 0.3) is 5.91 Å². The van der Waals surface area contributed by atoms with Gasteiger partial charge in [0.2, 0.25) is 16.0 Å². The van der Waals surface area contributed by atoms with Crippen LogP contribution in [0.3, 0.4) is 0 Å². The Balaban J connectivity index is 2.25. The minimum absolute atomic E-state index is 0.0820. The molecule has 0 spiro atoms. The number of hydrogen-bond acceptors (Lipinski definition) is 6. The van der Waals surface area contributed by atoms with Gasteiger partial charge in [-0.15, -0.1) is 10.2 Å². The van der Waals surface area contributed by atoms with Gasteiger partial charge in [0.15, 0.2) is 0 Å². The number of carbonyl (C=O) groups excluding carboxylic acids is 2. The first-order chi connectivity index (χ1) is 8.52. The zero-order valence-corrected chi connectivity index (χ0v) is 11.2. The zero-order valence-electron chi connectivity index (χ0n) is 10.4. The van der Waals surface area contributed by atoms with Crippen LogP contribution in [-0.4, -0.2) is 34.6 Å². The van der Waals surface area contributed by atoms with Crippen molar-refractivity contribution in [3.05, 3.63) is 5.01 Å². The molecular weight excluding hydrogens is 254 g/mol. The summed E-state index contributed by atoms with van der Waals surface area (Å²) in [6, 6.07) is 0.149. The molecule has 0 aromatic carbocycles. The molecule has 0 fully saturated rings. The summed E-state index contributed by atoms with van der Waals surface area (Å²) >= 11 is 1.01. The highest BCUT2D eigenvalue weighted by molar-refractivity contribution is 7.16. The van der Waals surface area contributed by atoms with Gasteiger partial charge in [0.05, 0.1) is 0 Å². The van der Waals surface area contributed by atoms with Crippen LogP contribution in [0.1, 0.15) is 36.5 Å². The highest BCUT2D eigenvalue weighted by atomic mass is 32.1. The number of nitrogens with two attached hydrogens (primary N) is 1. The Morgan fingerprint density at radius 1 is 1.44 bits per heavy atom. The molecule has 1 rings (SSSR count). The van der Waals surface area contributed by atoms with E-state index in [-0.39, 0.29) is 41.0 Å². The molecule has 0 radical (unpaired) electrons. The third kappa shape index (κ3) is 4.66. The molecule has 0 bridgehead atoms. The second-order valence-electron chi connectivity index (χ2n) is 3.83. The van der Waals surface area contributed by atoms with Gasteiger partial charge in [-0.2, -0.15) is 0 Å². The lowest BCUT2D eigenvalue weighted by Gasteiger charge is -2.11. The largest absolute Gasteiger partial charge is 0.374 e. The summed E-state index contributed by atoms with van der Waals surface area (Å²) < 4.78 is 0. The van der Waals surface area contributed by atoms with Crippen LogP contribution in [-0.2, 0) is 4.79 Å². The van der Waals surface area contributed by atoms with E-state index in [4.69, 9.17) is 5.73 Å². The quantitative estimate of drug-likeness (QED) is 0.682. The average Bonchev–Trinajstić information content (AvgIpc) is 2.75. The summed E-state index contributed by atoms with van der Waals surface area (Å²) in [5, 5.41) is 13.0. The monoisotopic (exact) mass is 271 g/mol. The van der Waals surface area contributed by atoms with E-state index < -0.39 is 0 Å². The van der Waals surface area contributed by atoms with E-state index in [0.29, 0.717) is 0 Å². The van der Waals surface area contributed by atoms with Crippen LogP contribution in [0.2, 0.25) is 0 Å². The summed E-state index contributed by atoms with van der Waals surface area (Å²) in [4.78, 5) is 23.0. The van der Waals surface area contributed by atoms with Crippen molar-refractivity contribution in [2.75, 3.05) is 12.3 Å². The van der Waals surface area contributed by atoms with Gasteiger partial charge in [-0.25, -0.2) is 0 Å². The molecule has 1 aromatic heterocycles. The number of nitrogen functional groups attached to an aromatic ring is 1. The third-order valence-corrected chi connectivity index (χ3v) is 3.04. The summed E-state index contributed by atoms with van der Waals surface area (Å²) in [7, 11) is 0. The van der Waals surface area contributed by atoms with Crippen molar-refractivity contribution in [1.29, 1.82) is 0 Å². The molecule has 8 heteroatoms. The van der Waals surface area contributed by atoms with Crippen molar-refractivity contribution in [3.8, 4) is 0 Å². The Morgan fingerprint density at radius 3 is 2.72 bits per heavy atom. The first kappa shape index (κ1) is 14.4. The lowest BCUT2D eigenvalue weighted by atomic mass is 10.2. The van der Waals surface area contributed by atoms with E-state index in [0.717, 1.165) is 17.8 Å². The van der Waals surface area contributed by atoms with Crippen LogP contribution in [0, 0.1) is 0 Å². The lowest BCUT2D eigenvalue weighted by Crippen LogP contribution is -2.35. The Kier molecular flexibility index (Phi) is 5.50. The highest BCUT2D eigenvalue weighted by Crippen LogP contribution is 2.10. The first-order valence-corrected chi connectivity index (χ1v) is 6.51. The number of amides is 2. The molecule has 2 amide bonds. The molecular formula is C10H17N5O2S. The molecule has 1 atom stereocenters. The molecule has 18 heavy (non-hydrogen) atoms. The molecule has 0 saturated heterocycles. The molecule has 0 aliphatic carbocycles. The van der Waals surface area contributed by atoms with E-state index in [1.165, 1.54) is 0 Å². The molecule has 100 valence electrons. The smallest absolute Gasteiger partial charge is 0.282 e. The minimum atomic E-state index is -0.361. The molecule has 1 aromatic rings. The second-order valence-corrected chi connectivity index (χ2v) is 4.84. The Bertz CT molecular complexity index is 420. The predicted octanol–water partition coefficient (Wildman–Crippen LogP) is 0.155. The maximum atomic E-state index is 11.5. The first-order valence-electron chi connectivity index (χ1n) is 5.69. The van der Waals surface area contributed by atoms with Gasteiger partial charge in [0, 0.05) is 19.0 Å². The Labute approximate surface area is 109 Å². The summed E-state index contributed by atoms with van der Waals surface area (Å²) in [5.74, 6) is -0.443. The Morgan fingerprint density at radius 2 is 2.17 bits per heavy atom. The van der Waals surface area contributed by atoms with Crippen molar-refractivity contribution in [1.82, 2.24) is 20.8 Å². The maximum absolute atomic E-state index is 11.5. The molecule has 1 unspecified atom stereocenters. The number of rotatable bonds is 6. The fraction of sp³-hybridized carbons (Fsp3) is 0.600. The summed E-state index contributed by atoms with van der Waals surface area (Å²) in [6.07, 6.45) is 1.12. The van der Waals surface area contributed by atoms with E-state index >= 15 is 0 Å². The zero-order chi connectivity index (χ0) is 13.5. The molecule has 7 nitrogen and oxygen atoms in total. The molecule has 0 saturated carbocycles. The van der Waals surface area contributed by atoms with Crippen LogP contribution in [0.4, 0.5) is 5.13 Å². The normalized spacial score (nSPS) is 11.9. The number of nitrogens with one attached hydrogen (secondary N) is 2. The van der Waals surface area contributed by atoms with Crippen molar-refractivity contribution in [2.45, 2.75) is 32.7 Å².